The molecule has 3 aliphatic rings. The van der Waals surface area contributed by atoms with Crippen LogP contribution in [-0.4, -0.2) is 15.8 Å². The van der Waals surface area contributed by atoms with Gasteiger partial charge in [-0.2, -0.15) is 0 Å². The van der Waals surface area contributed by atoms with E-state index in [1.165, 1.54) is 0 Å². The summed E-state index contributed by atoms with van der Waals surface area (Å²) in [5, 5.41) is 3.33. The molecule has 0 aromatic carbocycles. The zero-order valence-corrected chi connectivity index (χ0v) is 8.96. The Morgan fingerprint density at radius 3 is 2.93 bits per heavy atom. The van der Waals surface area contributed by atoms with Gasteiger partial charge in [0.2, 0.25) is 0 Å². The van der Waals surface area contributed by atoms with Gasteiger partial charge in [-0.05, 0) is 35.6 Å². The Morgan fingerprint density at radius 2 is 2.13 bits per heavy atom. The molecule has 1 spiro atoms. The largest absolute Gasteiger partial charge is 0.611 e. The van der Waals surface area contributed by atoms with E-state index < -0.39 is 11.2 Å². The highest BCUT2D eigenvalue weighted by Crippen LogP contribution is 2.38. The monoisotopic (exact) mass is 217 g/mol. The molecular weight excluding hydrogens is 206 g/mol. The van der Waals surface area contributed by atoms with Crippen molar-refractivity contribution in [2.45, 2.75) is 5.54 Å². The maximum absolute atomic E-state index is 11.7. The van der Waals surface area contributed by atoms with Gasteiger partial charge in [0.15, 0.2) is 4.91 Å². The van der Waals surface area contributed by atoms with Crippen LogP contribution in [0, 0.1) is 0 Å². The molecule has 2 unspecified atom stereocenters. The average molecular weight is 217 g/mol. The van der Waals surface area contributed by atoms with Crippen molar-refractivity contribution in [2.75, 3.05) is 5.75 Å². The normalized spacial score (nSPS) is 36.2. The third-order valence-electron chi connectivity index (χ3n) is 2.89. The molecule has 15 heavy (non-hydrogen) atoms. The van der Waals surface area contributed by atoms with Crippen molar-refractivity contribution in [3.05, 3.63) is 59.2 Å². The van der Waals surface area contributed by atoms with Gasteiger partial charge in [-0.25, -0.2) is 0 Å². The predicted molar refractivity (Wildman–Crippen MR) is 62.5 cm³/mol. The van der Waals surface area contributed by atoms with E-state index in [4.69, 9.17) is 0 Å². The molecule has 0 radical (unpaired) electrons. The molecule has 0 bridgehead atoms. The van der Waals surface area contributed by atoms with Crippen molar-refractivity contribution in [1.82, 2.24) is 5.32 Å². The van der Waals surface area contributed by atoms with Crippen LogP contribution < -0.4 is 5.32 Å². The van der Waals surface area contributed by atoms with Gasteiger partial charge >= 0.3 is 0 Å². The Kier molecular flexibility index (Phi) is 1.90. The SMILES string of the molecule is [O-][S+]1CC=C2C1=CC=CC21C=CC=CN1. The van der Waals surface area contributed by atoms with Gasteiger partial charge in [0.25, 0.3) is 0 Å². The lowest BCUT2D eigenvalue weighted by Gasteiger charge is -2.32. The van der Waals surface area contributed by atoms with E-state index in [1.54, 1.807) is 0 Å². The van der Waals surface area contributed by atoms with Crippen molar-refractivity contribution in [3.63, 3.8) is 0 Å². The highest BCUT2D eigenvalue weighted by atomic mass is 32.2. The Bertz CT molecular complexity index is 445. The van der Waals surface area contributed by atoms with Crippen LogP contribution in [0.3, 0.4) is 0 Å². The number of hydrogen-bond donors (Lipinski definition) is 1. The lowest BCUT2D eigenvalue weighted by molar-refractivity contribution is 0.602. The lowest BCUT2D eigenvalue weighted by Crippen LogP contribution is -2.42. The van der Waals surface area contributed by atoms with E-state index >= 15 is 0 Å². The van der Waals surface area contributed by atoms with E-state index in [0.29, 0.717) is 5.75 Å². The molecule has 0 saturated heterocycles. The fourth-order valence-corrected chi connectivity index (χ4v) is 3.38. The minimum absolute atomic E-state index is 0.259. The fourth-order valence-electron chi connectivity index (χ4n) is 2.16. The van der Waals surface area contributed by atoms with E-state index in [2.05, 4.69) is 23.5 Å². The molecule has 3 rings (SSSR count). The van der Waals surface area contributed by atoms with Crippen molar-refractivity contribution < 1.29 is 4.55 Å². The van der Waals surface area contributed by atoms with Crippen molar-refractivity contribution in [3.8, 4) is 0 Å². The molecule has 0 aromatic heterocycles. The summed E-state index contributed by atoms with van der Waals surface area (Å²) < 4.78 is 11.7. The number of dihydropyridines is 1. The summed E-state index contributed by atoms with van der Waals surface area (Å²) in [7, 11) is 0. The summed E-state index contributed by atoms with van der Waals surface area (Å²) in [6.07, 6.45) is 16.1. The van der Waals surface area contributed by atoms with Crippen LogP contribution in [0.4, 0.5) is 0 Å². The first-order valence-corrected chi connectivity index (χ1v) is 6.25. The first-order valence-electron chi connectivity index (χ1n) is 4.93. The maximum Gasteiger partial charge on any atom is 0.159 e. The second kappa shape index (κ2) is 3.15. The molecule has 0 aromatic rings. The first kappa shape index (κ1) is 9.07. The van der Waals surface area contributed by atoms with Crippen LogP contribution >= 0.6 is 0 Å². The van der Waals surface area contributed by atoms with Crippen LogP contribution in [0.1, 0.15) is 0 Å². The molecule has 2 nitrogen and oxygen atoms in total. The number of nitrogens with one attached hydrogen (secondary N) is 1. The Balaban J connectivity index is 2.07. The van der Waals surface area contributed by atoms with Crippen LogP contribution in [0.15, 0.2) is 59.2 Å². The predicted octanol–water partition coefficient (Wildman–Crippen LogP) is 1.54. The van der Waals surface area contributed by atoms with E-state index in [1.807, 2.05) is 30.5 Å². The highest BCUT2D eigenvalue weighted by molar-refractivity contribution is 7.96. The summed E-state index contributed by atoms with van der Waals surface area (Å²) in [6.45, 7) is 0. The Morgan fingerprint density at radius 1 is 1.27 bits per heavy atom. The van der Waals surface area contributed by atoms with Gasteiger partial charge in [0.05, 0.1) is 0 Å². The minimum atomic E-state index is -0.848. The molecule has 0 amide bonds. The molecule has 1 aliphatic carbocycles. The molecule has 0 saturated carbocycles. The topological polar surface area (TPSA) is 35.1 Å². The van der Waals surface area contributed by atoms with Crippen LogP contribution in [0.5, 0.6) is 0 Å². The molecule has 2 atom stereocenters. The quantitative estimate of drug-likeness (QED) is 0.625. The van der Waals surface area contributed by atoms with Crippen LogP contribution in [0.25, 0.3) is 0 Å². The van der Waals surface area contributed by atoms with Gasteiger partial charge in [-0.1, -0.05) is 24.3 Å². The Hall–Kier alpha value is -1.19. The maximum atomic E-state index is 11.7. The summed E-state index contributed by atoms with van der Waals surface area (Å²) in [5.41, 5.74) is 0.884. The molecule has 2 heterocycles. The summed E-state index contributed by atoms with van der Waals surface area (Å²) in [4.78, 5) is 0.963. The first-order chi connectivity index (χ1) is 7.32. The van der Waals surface area contributed by atoms with Crippen LogP contribution in [-0.2, 0) is 11.2 Å². The third kappa shape index (κ3) is 1.24. The standard InChI is InChI=1S/C12H11NOS/c14-15-9-5-10-11(15)4-3-7-12(10)6-1-2-8-13-12/h1-8,13H,9H2. The van der Waals surface area contributed by atoms with Crippen molar-refractivity contribution in [2.24, 2.45) is 0 Å². The van der Waals surface area contributed by atoms with E-state index in [0.717, 1.165) is 10.5 Å². The lowest BCUT2D eigenvalue weighted by atomic mass is 9.84. The summed E-state index contributed by atoms with van der Waals surface area (Å²) in [5.74, 6) is 0.643. The van der Waals surface area contributed by atoms with Crippen molar-refractivity contribution in [1.29, 1.82) is 0 Å². The molecular formula is C12H11NOS. The molecule has 3 heteroatoms. The van der Waals surface area contributed by atoms with Gasteiger partial charge in [-0.15, -0.1) is 0 Å². The number of fused-ring (bicyclic) bond motifs is 2. The highest BCUT2D eigenvalue weighted by Gasteiger charge is 2.40. The fraction of sp³-hybridized carbons (Fsp3) is 0.167. The van der Waals surface area contributed by atoms with Crippen molar-refractivity contribution >= 4 is 11.2 Å². The van der Waals surface area contributed by atoms with Gasteiger partial charge in [0, 0.05) is 5.57 Å². The second-order valence-electron chi connectivity index (χ2n) is 3.75. The number of rotatable bonds is 0. The molecule has 1 N–H and O–H groups in total. The van der Waals surface area contributed by atoms with Gasteiger partial charge in [-0.3, -0.25) is 0 Å². The number of hydrogen-bond acceptors (Lipinski definition) is 2. The van der Waals surface area contributed by atoms with E-state index in [9.17, 15) is 4.55 Å². The smallest absolute Gasteiger partial charge is 0.159 e. The van der Waals surface area contributed by atoms with Gasteiger partial charge in [0.1, 0.15) is 11.3 Å². The average Bonchev–Trinajstić information content (AvgIpc) is 2.64. The molecule has 76 valence electrons. The van der Waals surface area contributed by atoms with Gasteiger partial charge < -0.3 is 9.87 Å². The second-order valence-corrected chi connectivity index (χ2v) is 5.22. The minimum Gasteiger partial charge on any atom is -0.611 e. The summed E-state index contributed by atoms with van der Waals surface area (Å²) in [6, 6.07) is 0. The Labute approximate surface area is 91.9 Å². The number of allylic oxidation sites excluding steroid dienone is 4. The molecule has 2 aliphatic heterocycles. The zero-order valence-electron chi connectivity index (χ0n) is 8.14. The van der Waals surface area contributed by atoms with Crippen LogP contribution in [0.2, 0.25) is 0 Å². The summed E-state index contributed by atoms with van der Waals surface area (Å²) >= 11 is -0.848. The van der Waals surface area contributed by atoms with E-state index in [-0.39, 0.29) is 5.54 Å². The molecule has 0 fully saturated rings. The third-order valence-corrected chi connectivity index (χ3v) is 4.21. The zero-order chi connectivity index (χ0) is 10.3.